The van der Waals surface area contributed by atoms with Gasteiger partial charge in [-0.15, -0.1) is 0 Å². The van der Waals surface area contributed by atoms with Crippen LogP contribution in [0.5, 0.6) is 0 Å². The van der Waals surface area contributed by atoms with Gasteiger partial charge in [0, 0.05) is 18.8 Å². The highest BCUT2D eigenvalue weighted by Gasteiger charge is 2.03. The standard InChI is InChI=1S/C8H8FNO/c9-8(6-11)5-7-1-3-10-4-2-7/h1-4,6,8H,5H2. The fourth-order valence-corrected chi connectivity index (χ4v) is 0.792. The topological polar surface area (TPSA) is 30.0 Å². The van der Waals surface area contributed by atoms with Crippen molar-refractivity contribution in [2.45, 2.75) is 12.6 Å². The fraction of sp³-hybridized carbons (Fsp3) is 0.250. The van der Waals surface area contributed by atoms with Gasteiger partial charge in [0.05, 0.1) is 0 Å². The number of aldehydes is 1. The van der Waals surface area contributed by atoms with Gasteiger partial charge < -0.3 is 4.79 Å². The lowest BCUT2D eigenvalue weighted by molar-refractivity contribution is -0.111. The van der Waals surface area contributed by atoms with Gasteiger partial charge in [0.1, 0.15) is 0 Å². The van der Waals surface area contributed by atoms with Crippen LogP contribution < -0.4 is 0 Å². The van der Waals surface area contributed by atoms with E-state index in [1.165, 1.54) is 0 Å². The van der Waals surface area contributed by atoms with E-state index in [1.807, 2.05) is 0 Å². The Morgan fingerprint density at radius 3 is 2.73 bits per heavy atom. The molecule has 1 aromatic heterocycles. The zero-order valence-electron chi connectivity index (χ0n) is 5.90. The average molecular weight is 153 g/mol. The van der Waals surface area contributed by atoms with Crippen LogP contribution in [0.2, 0.25) is 0 Å². The molecule has 0 saturated heterocycles. The molecular weight excluding hydrogens is 145 g/mol. The molecule has 0 radical (unpaired) electrons. The molecule has 1 heterocycles. The third-order valence-electron chi connectivity index (χ3n) is 1.33. The van der Waals surface area contributed by atoms with E-state index in [2.05, 4.69) is 4.98 Å². The molecule has 1 unspecified atom stereocenters. The van der Waals surface area contributed by atoms with Crippen molar-refractivity contribution >= 4 is 6.29 Å². The van der Waals surface area contributed by atoms with Crippen LogP contribution in [-0.4, -0.2) is 17.4 Å². The first kappa shape index (κ1) is 7.85. The van der Waals surface area contributed by atoms with E-state index in [9.17, 15) is 9.18 Å². The second-order valence-corrected chi connectivity index (χ2v) is 2.21. The number of rotatable bonds is 3. The van der Waals surface area contributed by atoms with Crippen LogP contribution in [0.15, 0.2) is 24.5 Å². The van der Waals surface area contributed by atoms with Gasteiger partial charge in [0.2, 0.25) is 0 Å². The van der Waals surface area contributed by atoms with E-state index in [0.29, 0.717) is 6.29 Å². The molecule has 0 amide bonds. The van der Waals surface area contributed by atoms with Gasteiger partial charge in [-0.3, -0.25) is 4.98 Å². The molecule has 0 aliphatic carbocycles. The second-order valence-electron chi connectivity index (χ2n) is 2.21. The number of carbonyl (C=O) groups excluding carboxylic acids is 1. The second kappa shape index (κ2) is 3.81. The first-order valence-corrected chi connectivity index (χ1v) is 3.31. The fourth-order valence-electron chi connectivity index (χ4n) is 0.792. The molecule has 0 aliphatic rings. The van der Waals surface area contributed by atoms with Gasteiger partial charge in [-0.05, 0) is 17.7 Å². The number of pyridine rings is 1. The van der Waals surface area contributed by atoms with Gasteiger partial charge in [-0.1, -0.05) is 0 Å². The maximum absolute atomic E-state index is 12.4. The van der Waals surface area contributed by atoms with Crippen molar-refractivity contribution in [3.05, 3.63) is 30.1 Å². The molecule has 1 rings (SSSR count). The predicted octanol–water partition coefficient (Wildman–Crippen LogP) is 1.16. The summed E-state index contributed by atoms with van der Waals surface area (Å²) in [5.41, 5.74) is 0.791. The smallest absolute Gasteiger partial charge is 0.159 e. The van der Waals surface area contributed by atoms with Crippen LogP contribution in [-0.2, 0) is 11.2 Å². The van der Waals surface area contributed by atoms with Crippen molar-refractivity contribution in [3.63, 3.8) is 0 Å². The SMILES string of the molecule is O=CC(F)Cc1ccncc1. The summed E-state index contributed by atoms with van der Waals surface area (Å²) in [6.45, 7) is 0. The highest BCUT2D eigenvalue weighted by atomic mass is 19.1. The summed E-state index contributed by atoms with van der Waals surface area (Å²) in [5.74, 6) is 0. The maximum Gasteiger partial charge on any atom is 0.159 e. The van der Waals surface area contributed by atoms with Gasteiger partial charge >= 0.3 is 0 Å². The zero-order chi connectivity index (χ0) is 8.10. The third kappa shape index (κ3) is 2.45. The summed E-state index contributed by atoms with van der Waals surface area (Å²) in [6, 6.07) is 3.38. The number of alkyl halides is 1. The van der Waals surface area contributed by atoms with Crippen molar-refractivity contribution in [1.29, 1.82) is 0 Å². The summed E-state index contributed by atoms with van der Waals surface area (Å²) in [7, 11) is 0. The molecular formula is C8H8FNO. The number of aromatic nitrogens is 1. The van der Waals surface area contributed by atoms with E-state index in [-0.39, 0.29) is 6.42 Å². The largest absolute Gasteiger partial charge is 0.300 e. The zero-order valence-corrected chi connectivity index (χ0v) is 5.90. The predicted molar refractivity (Wildman–Crippen MR) is 38.9 cm³/mol. The summed E-state index contributed by atoms with van der Waals surface area (Å²) in [4.78, 5) is 13.7. The number of hydrogen-bond donors (Lipinski definition) is 0. The van der Waals surface area contributed by atoms with Crippen molar-refractivity contribution in [2.75, 3.05) is 0 Å². The summed E-state index contributed by atoms with van der Waals surface area (Å²) >= 11 is 0. The highest BCUT2D eigenvalue weighted by molar-refractivity contribution is 5.56. The van der Waals surface area contributed by atoms with Crippen molar-refractivity contribution < 1.29 is 9.18 Å². The van der Waals surface area contributed by atoms with E-state index >= 15 is 0 Å². The van der Waals surface area contributed by atoms with Crippen LogP contribution in [0.4, 0.5) is 4.39 Å². The molecule has 3 heteroatoms. The molecule has 0 spiro atoms. The van der Waals surface area contributed by atoms with Crippen LogP contribution in [0, 0.1) is 0 Å². The normalized spacial score (nSPS) is 12.5. The van der Waals surface area contributed by atoms with Crippen LogP contribution in [0.3, 0.4) is 0 Å². The molecule has 58 valence electrons. The van der Waals surface area contributed by atoms with Crippen molar-refractivity contribution in [3.8, 4) is 0 Å². The first-order valence-electron chi connectivity index (χ1n) is 3.31. The first-order chi connectivity index (χ1) is 5.33. The lowest BCUT2D eigenvalue weighted by Gasteiger charge is -1.98. The molecule has 1 atom stereocenters. The summed E-state index contributed by atoms with van der Waals surface area (Å²) < 4.78 is 12.4. The van der Waals surface area contributed by atoms with Gasteiger partial charge in [-0.25, -0.2) is 4.39 Å². The van der Waals surface area contributed by atoms with Crippen LogP contribution in [0.25, 0.3) is 0 Å². The van der Waals surface area contributed by atoms with E-state index in [0.717, 1.165) is 5.56 Å². The number of nitrogens with zero attached hydrogens (tertiary/aromatic N) is 1. The minimum absolute atomic E-state index is 0.145. The minimum Gasteiger partial charge on any atom is -0.300 e. The quantitative estimate of drug-likeness (QED) is 0.610. The van der Waals surface area contributed by atoms with Crippen molar-refractivity contribution in [1.82, 2.24) is 4.98 Å². The minimum atomic E-state index is -1.39. The lowest BCUT2D eigenvalue weighted by atomic mass is 10.1. The molecule has 0 bridgehead atoms. The molecule has 0 aliphatic heterocycles. The molecule has 0 aromatic carbocycles. The van der Waals surface area contributed by atoms with Gasteiger partial charge in [0.15, 0.2) is 12.5 Å². The molecule has 11 heavy (non-hydrogen) atoms. The summed E-state index contributed by atoms with van der Waals surface area (Å²) in [6.07, 6.45) is 2.21. The van der Waals surface area contributed by atoms with Gasteiger partial charge in [0.25, 0.3) is 0 Å². The van der Waals surface area contributed by atoms with Crippen LogP contribution in [0.1, 0.15) is 5.56 Å². The monoisotopic (exact) mass is 153 g/mol. The summed E-state index contributed by atoms with van der Waals surface area (Å²) in [5, 5.41) is 0. The molecule has 2 nitrogen and oxygen atoms in total. The Morgan fingerprint density at radius 1 is 1.55 bits per heavy atom. The Labute approximate surface area is 64.1 Å². The lowest BCUT2D eigenvalue weighted by Crippen LogP contribution is -2.05. The molecule has 0 saturated carbocycles. The van der Waals surface area contributed by atoms with E-state index < -0.39 is 6.17 Å². The Bertz CT molecular complexity index is 225. The van der Waals surface area contributed by atoms with Crippen LogP contribution >= 0.6 is 0 Å². The Morgan fingerprint density at radius 2 is 2.18 bits per heavy atom. The van der Waals surface area contributed by atoms with Gasteiger partial charge in [-0.2, -0.15) is 0 Å². The maximum atomic E-state index is 12.4. The Hall–Kier alpha value is -1.25. The number of halogens is 1. The van der Waals surface area contributed by atoms with E-state index in [1.54, 1.807) is 24.5 Å². The average Bonchev–Trinajstić information content (AvgIpc) is 2.06. The Balaban J connectivity index is 2.57. The number of hydrogen-bond acceptors (Lipinski definition) is 2. The molecule has 0 fully saturated rings. The number of carbonyl (C=O) groups is 1. The molecule has 1 aromatic rings. The van der Waals surface area contributed by atoms with Crippen molar-refractivity contribution in [2.24, 2.45) is 0 Å². The van der Waals surface area contributed by atoms with E-state index in [4.69, 9.17) is 0 Å². The Kier molecular flexibility index (Phi) is 2.72. The molecule has 0 N–H and O–H groups in total. The highest BCUT2D eigenvalue weighted by Crippen LogP contribution is 2.01. The third-order valence-corrected chi connectivity index (χ3v) is 1.33.